The lowest BCUT2D eigenvalue weighted by molar-refractivity contribution is 0.318. The molecule has 0 saturated carbocycles. The number of furan rings is 1. The van der Waals surface area contributed by atoms with E-state index < -0.39 is 0 Å². The summed E-state index contributed by atoms with van der Waals surface area (Å²) in [6.07, 6.45) is 1.68. The lowest BCUT2D eigenvalue weighted by atomic mass is 10.1. The van der Waals surface area contributed by atoms with Crippen molar-refractivity contribution in [3.8, 4) is 5.75 Å². The molecule has 106 valence electrons. The van der Waals surface area contributed by atoms with Crippen LogP contribution < -0.4 is 10.5 Å². The second-order valence-electron chi connectivity index (χ2n) is 4.15. The Morgan fingerprint density at radius 3 is 2.85 bits per heavy atom. The van der Waals surface area contributed by atoms with E-state index in [-0.39, 0.29) is 5.84 Å². The standard InChI is InChI=1S/C14H16N2O3S/c1-9-13(5-6-19-9)20-8-10-3-4-11(14(15)16-17)12(7-10)18-2/h3-7,17H,8H2,1-2H3,(H2,15,16). The van der Waals surface area contributed by atoms with Gasteiger partial charge in [-0.25, -0.2) is 0 Å². The van der Waals surface area contributed by atoms with Gasteiger partial charge in [-0.3, -0.25) is 0 Å². The van der Waals surface area contributed by atoms with E-state index in [1.54, 1.807) is 31.2 Å². The second kappa shape index (κ2) is 6.38. The number of nitrogens with zero attached hydrogens (tertiary/aromatic N) is 1. The Kier molecular flexibility index (Phi) is 4.57. The van der Waals surface area contributed by atoms with Crippen LogP contribution in [0.4, 0.5) is 0 Å². The Labute approximate surface area is 121 Å². The van der Waals surface area contributed by atoms with Crippen molar-refractivity contribution in [3.05, 3.63) is 47.4 Å². The summed E-state index contributed by atoms with van der Waals surface area (Å²) in [5, 5.41) is 11.7. The first-order valence-corrected chi connectivity index (χ1v) is 6.96. The fourth-order valence-electron chi connectivity index (χ4n) is 1.78. The number of rotatable bonds is 5. The molecule has 1 aromatic heterocycles. The number of hydrogen-bond donors (Lipinski definition) is 2. The summed E-state index contributed by atoms with van der Waals surface area (Å²) >= 11 is 1.69. The van der Waals surface area contributed by atoms with E-state index in [1.165, 1.54) is 0 Å². The molecule has 3 N–H and O–H groups in total. The first-order valence-electron chi connectivity index (χ1n) is 5.97. The highest BCUT2D eigenvalue weighted by Crippen LogP contribution is 2.29. The third-order valence-electron chi connectivity index (χ3n) is 2.86. The van der Waals surface area contributed by atoms with Gasteiger partial charge in [0.1, 0.15) is 11.5 Å². The molecule has 0 saturated heterocycles. The number of amidine groups is 1. The maximum Gasteiger partial charge on any atom is 0.173 e. The molecule has 0 spiro atoms. The van der Waals surface area contributed by atoms with Gasteiger partial charge >= 0.3 is 0 Å². The second-order valence-corrected chi connectivity index (χ2v) is 5.17. The van der Waals surface area contributed by atoms with E-state index in [4.69, 9.17) is 20.1 Å². The predicted molar refractivity (Wildman–Crippen MR) is 78.5 cm³/mol. The van der Waals surface area contributed by atoms with Crippen LogP contribution in [0.25, 0.3) is 0 Å². The molecule has 0 amide bonds. The average molecular weight is 292 g/mol. The summed E-state index contributed by atoms with van der Waals surface area (Å²) in [6.45, 7) is 1.93. The third kappa shape index (κ3) is 3.08. The summed E-state index contributed by atoms with van der Waals surface area (Å²) in [5.74, 6) is 2.32. The summed E-state index contributed by atoms with van der Waals surface area (Å²) in [6, 6.07) is 7.54. The van der Waals surface area contributed by atoms with Gasteiger partial charge in [-0.2, -0.15) is 0 Å². The van der Waals surface area contributed by atoms with Crippen molar-refractivity contribution in [1.29, 1.82) is 0 Å². The van der Waals surface area contributed by atoms with Crippen LogP contribution in [-0.4, -0.2) is 18.2 Å². The van der Waals surface area contributed by atoms with Crippen molar-refractivity contribution in [2.45, 2.75) is 17.6 Å². The zero-order chi connectivity index (χ0) is 14.5. The Morgan fingerprint density at radius 1 is 1.45 bits per heavy atom. The molecule has 0 unspecified atom stereocenters. The van der Waals surface area contributed by atoms with Crippen LogP contribution in [0.1, 0.15) is 16.9 Å². The quantitative estimate of drug-likeness (QED) is 0.291. The van der Waals surface area contributed by atoms with Gasteiger partial charge in [-0.15, -0.1) is 11.8 Å². The predicted octanol–water partition coefficient (Wildman–Crippen LogP) is 2.98. The molecule has 0 aliphatic heterocycles. The van der Waals surface area contributed by atoms with Gasteiger partial charge in [0.15, 0.2) is 5.84 Å². The molecular weight excluding hydrogens is 276 g/mol. The number of hydrogen-bond acceptors (Lipinski definition) is 5. The number of methoxy groups -OCH3 is 1. The monoisotopic (exact) mass is 292 g/mol. The van der Waals surface area contributed by atoms with Gasteiger partial charge in [0, 0.05) is 10.6 Å². The molecule has 1 aromatic carbocycles. The smallest absolute Gasteiger partial charge is 0.173 e. The van der Waals surface area contributed by atoms with Crippen molar-refractivity contribution in [1.82, 2.24) is 0 Å². The largest absolute Gasteiger partial charge is 0.496 e. The van der Waals surface area contributed by atoms with Gasteiger partial charge in [-0.05, 0) is 30.7 Å². The fourth-order valence-corrected chi connectivity index (χ4v) is 2.68. The maximum absolute atomic E-state index is 8.73. The molecular formula is C14H16N2O3S. The first kappa shape index (κ1) is 14.3. The Bertz CT molecular complexity index is 623. The SMILES string of the molecule is COc1cc(CSc2ccoc2C)ccc1/C(N)=N/O. The number of benzene rings is 1. The minimum atomic E-state index is 0.0340. The molecule has 0 aliphatic rings. The van der Waals surface area contributed by atoms with Crippen molar-refractivity contribution >= 4 is 17.6 Å². The van der Waals surface area contributed by atoms with Crippen LogP contribution in [0.5, 0.6) is 5.75 Å². The van der Waals surface area contributed by atoms with Crippen LogP contribution in [0.3, 0.4) is 0 Å². The Morgan fingerprint density at radius 2 is 2.25 bits per heavy atom. The molecule has 0 fully saturated rings. The molecule has 20 heavy (non-hydrogen) atoms. The van der Waals surface area contributed by atoms with E-state index >= 15 is 0 Å². The normalized spacial score (nSPS) is 11.6. The van der Waals surface area contributed by atoms with Crippen LogP contribution in [-0.2, 0) is 5.75 Å². The summed E-state index contributed by atoms with van der Waals surface area (Å²) in [4.78, 5) is 1.12. The molecule has 0 radical (unpaired) electrons. The van der Waals surface area contributed by atoms with E-state index in [9.17, 15) is 0 Å². The number of aryl methyl sites for hydroxylation is 1. The van der Waals surface area contributed by atoms with Crippen molar-refractivity contribution in [2.24, 2.45) is 10.9 Å². The highest BCUT2D eigenvalue weighted by molar-refractivity contribution is 7.98. The third-order valence-corrected chi connectivity index (χ3v) is 4.07. The van der Waals surface area contributed by atoms with E-state index in [0.717, 1.165) is 22.0 Å². The molecule has 0 atom stereocenters. The van der Waals surface area contributed by atoms with E-state index in [2.05, 4.69) is 5.16 Å². The van der Waals surface area contributed by atoms with Gasteiger partial charge in [0.05, 0.1) is 18.9 Å². The topological polar surface area (TPSA) is 81.0 Å². The Balaban J connectivity index is 2.16. The van der Waals surface area contributed by atoms with Crippen LogP contribution >= 0.6 is 11.8 Å². The van der Waals surface area contributed by atoms with Gasteiger partial charge < -0.3 is 20.1 Å². The number of oxime groups is 1. The summed E-state index contributed by atoms with van der Waals surface area (Å²) in [5.41, 5.74) is 7.25. The zero-order valence-corrected chi connectivity index (χ0v) is 12.1. The average Bonchev–Trinajstić information content (AvgIpc) is 2.89. The highest BCUT2D eigenvalue weighted by Gasteiger charge is 2.09. The number of ether oxygens (including phenoxy) is 1. The maximum atomic E-state index is 8.73. The van der Waals surface area contributed by atoms with Crippen molar-refractivity contribution in [3.63, 3.8) is 0 Å². The van der Waals surface area contributed by atoms with Crippen LogP contribution in [0.2, 0.25) is 0 Å². The van der Waals surface area contributed by atoms with Crippen LogP contribution in [0, 0.1) is 6.92 Å². The molecule has 2 aromatic rings. The lowest BCUT2D eigenvalue weighted by Crippen LogP contribution is -2.14. The van der Waals surface area contributed by atoms with Gasteiger partial charge in [0.25, 0.3) is 0 Å². The molecule has 5 nitrogen and oxygen atoms in total. The minimum absolute atomic E-state index is 0.0340. The number of thioether (sulfide) groups is 1. The first-order chi connectivity index (χ1) is 9.65. The van der Waals surface area contributed by atoms with Crippen molar-refractivity contribution < 1.29 is 14.4 Å². The molecule has 2 rings (SSSR count). The fraction of sp³-hybridized carbons (Fsp3) is 0.214. The molecule has 0 aliphatic carbocycles. The van der Waals surface area contributed by atoms with Crippen molar-refractivity contribution in [2.75, 3.05) is 7.11 Å². The van der Waals surface area contributed by atoms with E-state index in [0.29, 0.717) is 11.3 Å². The molecule has 0 bridgehead atoms. The number of nitrogens with two attached hydrogens (primary N) is 1. The lowest BCUT2D eigenvalue weighted by Gasteiger charge is -2.09. The highest BCUT2D eigenvalue weighted by atomic mass is 32.2. The summed E-state index contributed by atoms with van der Waals surface area (Å²) in [7, 11) is 1.56. The van der Waals surface area contributed by atoms with Crippen LogP contribution in [0.15, 0.2) is 45.0 Å². The van der Waals surface area contributed by atoms with Gasteiger partial charge in [0.2, 0.25) is 0 Å². The molecule has 1 heterocycles. The molecule has 6 heteroatoms. The summed E-state index contributed by atoms with van der Waals surface area (Å²) < 4.78 is 10.5. The zero-order valence-electron chi connectivity index (χ0n) is 11.3. The van der Waals surface area contributed by atoms with E-state index in [1.807, 2.05) is 25.1 Å². The minimum Gasteiger partial charge on any atom is -0.496 e. The van der Waals surface area contributed by atoms with Gasteiger partial charge in [-0.1, -0.05) is 11.2 Å². The Hall–Kier alpha value is -2.08.